The normalized spacial score (nSPS) is 11.4. The average molecular weight is 255 g/mol. The van der Waals surface area contributed by atoms with E-state index in [9.17, 15) is 0 Å². The van der Waals surface area contributed by atoms with E-state index < -0.39 is 0 Å². The van der Waals surface area contributed by atoms with Crippen LogP contribution < -0.4 is 10.5 Å². The van der Waals surface area contributed by atoms with Crippen molar-refractivity contribution in [2.45, 2.75) is 26.2 Å². The second-order valence-electron chi connectivity index (χ2n) is 5.75. The average Bonchev–Trinajstić information content (AvgIpc) is 2.37. The first-order chi connectivity index (χ1) is 8.93. The topological polar surface area (TPSA) is 35.2 Å². The summed E-state index contributed by atoms with van der Waals surface area (Å²) in [5, 5.41) is 0. The standard InChI is InChI=1S/C17H21NO/c1-17(2,3)12-9-10-16(19-4)14(11-12)13-7-5-6-8-15(13)18/h5-11H,18H2,1-4H3. The zero-order valence-corrected chi connectivity index (χ0v) is 12.0. The van der Waals surface area contributed by atoms with Gasteiger partial charge in [0.05, 0.1) is 7.11 Å². The van der Waals surface area contributed by atoms with Crippen LogP contribution in [0.5, 0.6) is 5.75 Å². The molecule has 0 aromatic heterocycles. The Morgan fingerprint density at radius 2 is 1.63 bits per heavy atom. The van der Waals surface area contributed by atoms with Gasteiger partial charge in [-0.3, -0.25) is 0 Å². The lowest BCUT2D eigenvalue weighted by molar-refractivity contribution is 0.416. The second kappa shape index (κ2) is 4.96. The van der Waals surface area contributed by atoms with E-state index in [2.05, 4.69) is 32.9 Å². The monoisotopic (exact) mass is 255 g/mol. The Bertz CT molecular complexity index is 582. The summed E-state index contributed by atoms with van der Waals surface area (Å²) in [5.41, 5.74) is 10.3. The first kappa shape index (κ1) is 13.5. The number of nitrogen functional groups attached to an aromatic ring is 1. The molecule has 2 aromatic carbocycles. The molecule has 100 valence electrons. The lowest BCUT2D eigenvalue weighted by Crippen LogP contribution is -2.11. The van der Waals surface area contributed by atoms with E-state index in [-0.39, 0.29) is 5.41 Å². The summed E-state index contributed by atoms with van der Waals surface area (Å²) in [7, 11) is 1.69. The SMILES string of the molecule is COc1ccc(C(C)(C)C)cc1-c1ccccc1N. The van der Waals surface area contributed by atoms with Gasteiger partial charge in [0, 0.05) is 16.8 Å². The third-order valence-corrected chi connectivity index (χ3v) is 3.32. The number of anilines is 1. The Hall–Kier alpha value is -1.96. The van der Waals surface area contributed by atoms with Crippen molar-refractivity contribution in [2.75, 3.05) is 12.8 Å². The molecule has 2 nitrogen and oxygen atoms in total. The molecule has 0 aliphatic carbocycles. The molecule has 19 heavy (non-hydrogen) atoms. The molecule has 0 saturated carbocycles. The highest BCUT2D eigenvalue weighted by Crippen LogP contribution is 2.37. The van der Waals surface area contributed by atoms with Gasteiger partial charge in [-0.25, -0.2) is 0 Å². The highest BCUT2D eigenvalue weighted by molar-refractivity contribution is 5.80. The van der Waals surface area contributed by atoms with Gasteiger partial charge in [0.15, 0.2) is 0 Å². The van der Waals surface area contributed by atoms with Gasteiger partial charge >= 0.3 is 0 Å². The maximum atomic E-state index is 6.08. The molecule has 0 saturated heterocycles. The molecule has 2 aromatic rings. The summed E-state index contributed by atoms with van der Waals surface area (Å²) >= 11 is 0. The number of benzene rings is 2. The lowest BCUT2D eigenvalue weighted by Gasteiger charge is -2.21. The van der Waals surface area contributed by atoms with Crippen LogP contribution in [0.25, 0.3) is 11.1 Å². The smallest absolute Gasteiger partial charge is 0.126 e. The molecule has 0 fully saturated rings. The van der Waals surface area contributed by atoms with Gasteiger partial charge in [0.2, 0.25) is 0 Å². The Kier molecular flexibility index (Phi) is 3.52. The van der Waals surface area contributed by atoms with Crippen molar-refractivity contribution in [1.29, 1.82) is 0 Å². The van der Waals surface area contributed by atoms with Crippen LogP contribution in [0.4, 0.5) is 5.69 Å². The Morgan fingerprint density at radius 3 is 2.21 bits per heavy atom. The van der Waals surface area contributed by atoms with Gasteiger partial charge in [-0.15, -0.1) is 0 Å². The molecule has 2 heteroatoms. The molecule has 0 spiro atoms. The number of methoxy groups -OCH3 is 1. The van der Waals surface area contributed by atoms with Crippen molar-refractivity contribution in [3.63, 3.8) is 0 Å². The number of para-hydroxylation sites is 1. The summed E-state index contributed by atoms with van der Waals surface area (Å²) in [6.07, 6.45) is 0. The second-order valence-corrected chi connectivity index (χ2v) is 5.75. The maximum absolute atomic E-state index is 6.08. The Labute approximate surface area is 115 Å². The van der Waals surface area contributed by atoms with Crippen molar-refractivity contribution in [2.24, 2.45) is 0 Å². The van der Waals surface area contributed by atoms with Crippen molar-refractivity contribution in [3.05, 3.63) is 48.0 Å². The number of nitrogens with two attached hydrogens (primary N) is 1. The largest absolute Gasteiger partial charge is 0.496 e. The van der Waals surface area contributed by atoms with E-state index in [1.165, 1.54) is 5.56 Å². The molecule has 0 aliphatic heterocycles. The van der Waals surface area contributed by atoms with Crippen LogP contribution in [-0.2, 0) is 5.41 Å². The minimum Gasteiger partial charge on any atom is -0.496 e. The molecule has 0 atom stereocenters. The highest BCUT2D eigenvalue weighted by atomic mass is 16.5. The van der Waals surface area contributed by atoms with E-state index in [4.69, 9.17) is 10.5 Å². The molecule has 0 unspecified atom stereocenters. The first-order valence-corrected chi connectivity index (χ1v) is 6.47. The predicted octanol–water partition coefficient (Wildman–Crippen LogP) is 4.24. The zero-order valence-electron chi connectivity index (χ0n) is 12.0. The van der Waals surface area contributed by atoms with Gasteiger partial charge in [0.1, 0.15) is 5.75 Å². The molecular formula is C17H21NO. The summed E-state index contributed by atoms with van der Waals surface area (Å²) in [6, 6.07) is 14.2. The van der Waals surface area contributed by atoms with Gasteiger partial charge in [-0.2, -0.15) is 0 Å². The third kappa shape index (κ3) is 2.73. The molecule has 0 heterocycles. The minimum absolute atomic E-state index is 0.102. The van der Waals surface area contributed by atoms with Crippen LogP contribution in [-0.4, -0.2) is 7.11 Å². The zero-order chi connectivity index (χ0) is 14.0. The minimum atomic E-state index is 0.102. The van der Waals surface area contributed by atoms with Gasteiger partial charge in [0.25, 0.3) is 0 Å². The van der Waals surface area contributed by atoms with Crippen LogP contribution in [0.1, 0.15) is 26.3 Å². The van der Waals surface area contributed by atoms with Crippen molar-refractivity contribution >= 4 is 5.69 Å². The quantitative estimate of drug-likeness (QED) is 0.814. The summed E-state index contributed by atoms with van der Waals surface area (Å²) in [5.74, 6) is 0.853. The summed E-state index contributed by atoms with van der Waals surface area (Å²) in [6.45, 7) is 6.60. The number of rotatable bonds is 2. The van der Waals surface area contributed by atoms with Crippen LogP contribution >= 0.6 is 0 Å². The van der Waals surface area contributed by atoms with Gasteiger partial charge in [-0.1, -0.05) is 45.0 Å². The van der Waals surface area contributed by atoms with E-state index >= 15 is 0 Å². The summed E-state index contributed by atoms with van der Waals surface area (Å²) in [4.78, 5) is 0. The van der Waals surface area contributed by atoms with Crippen LogP contribution in [0.2, 0.25) is 0 Å². The van der Waals surface area contributed by atoms with E-state index in [0.29, 0.717) is 0 Å². The molecular weight excluding hydrogens is 234 g/mol. The number of hydrogen-bond donors (Lipinski definition) is 1. The van der Waals surface area contributed by atoms with Crippen LogP contribution in [0.15, 0.2) is 42.5 Å². The fourth-order valence-corrected chi connectivity index (χ4v) is 2.13. The molecule has 2 N–H and O–H groups in total. The van der Waals surface area contributed by atoms with Gasteiger partial charge in [-0.05, 0) is 29.2 Å². The number of hydrogen-bond acceptors (Lipinski definition) is 2. The highest BCUT2D eigenvalue weighted by Gasteiger charge is 2.17. The molecule has 2 rings (SSSR count). The summed E-state index contributed by atoms with van der Waals surface area (Å²) < 4.78 is 5.47. The Balaban J connectivity index is 2.64. The maximum Gasteiger partial charge on any atom is 0.126 e. The van der Waals surface area contributed by atoms with E-state index in [1.54, 1.807) is 7.11 Å². The first-order valence-electron chi connectivity index (χ1n) is 6.47. The fraction of sp³-hybridized carbons (Fsp3) is 0.294. The molecule has 0 bridgehead atoms. The molecule has 0 radical (unpaired) electrons. The fourth-order valence-electron chi connectivity index (χ4n) is 2.13. The molecule has 0 aliphatic rings. The van der Waals surface area contributed by atoms with Crippen LogP contribution in [0, 0.1) is 0 Å². The van der Waals surface area contributed by atoms with Crippen molar-refractivity contribution < 1.29 is 4.74 Å². The lowest BCUT2D eigenvalue weighted by atomic mass is 9.85. The van der Waals surface area contributed by atoms with Gasteiger partial charge < -0.3 is 10.5 Å². The number of ether oxygens (including phenoxy) is 1. The predicted molar refractivity (Wildman–Crippen MR) is 81.5 cm³/mol. The third-order valence-electron chi connectivity index (χ3n) is 3.32. The van der Waals surface area contributed by atoms with Crippen LogP contribution in [0.3, 0.4) is 0 Å². The van der Waals surface area contributed by atoms with Crippen molar-refractivity contribution in [1.82, 2.24) is 0 Å². The Morgan fingerprint density at radius 1 is 0.947 bits per heavy atom. The van der Waals surface area contributed by atoms with Crippen molar-refractivity contribution in [3.8, 4) is 16.9 Å². The van der Waals surface area contributed by atoms with E-state index in [1.807, 2.05) is 30.3 Å². The van der Waals surface area contributed by atoms with E-state index in [0.717, 1.165) is 22.6 Å². The molecule has 0 amide bonds.